The molecule has 0 aliphatic rings. The van der Waals surface area contributed by atoms with Gasteiger partial charge in [-0.15, -0.1) is 0 Å². The van der Waals surface area contributed by atoms with Crippen LogP contribution in [0.25, 0.3) is 0 Å². The number of likely N-dealkylation sites (N-methyl/N-ethyl adjacent to an activating group) is 1. The van der Waals surface area contributed by atoms with E-state index in [1.165, 1.54) is 0 Å². The van der Waals surface area contributed by atoms with Crippen molar-refractivity contribution in [2.45, 2.75) is 20.3 Å². The molecular formula is C12H20N4O. The Morgan fingerprint density at radius 3 is 2.82 bits per heavy atom. The van der Waals surface area contributed by atoms with E-state index in [1.807, 2.05) is 27.0 Å². The first-order chi connectivity index (χ1) is 8.04. The maximum Gasteiger partial charge on any atom is 0.239 e. The second kappa shape index (κ2) is 6.08. The molecule has 0 atom stereocenters. The number of anilines is 2. The first-order valence-electron chi connectivity index (χ1n) is 5.75. The minimum absolute atomic E-state index is 0.00521. The van der Waals surface area contributed by atoms with Gasteiger partial charge >= 0.3 is 0 Å². The second-order valence-corrected chi connectivity index (χ2v) is 4.05. The molecule has 0 radical (unpaired) electrons. The summed E-state index contributed by atoms with van der Waals surface area (Å²) in [6.07, 6.45) is 0.939. The third kappa shape index (κ3) is 3.94. The number of aromatic nitrogens is 1. The summed E-state index contributed by atoms with van der Waals surface area (Å²) < 4.78 is 0. The lowest BCUT2D eigenvalue weighted by Crippen LogP contribution is -2.35. The highest BCUT2D eigenvalue weighted by atomic mass is 16.2. The Morgan fingerprint density at radius 1 is 1.53 bits per heavy atom. The lowest BCUT2D eigenvalue weighted by Gasteiger charge is -2.18. The maximum atomic E-state index is 11.5. The molecule has 0 saturated carbocycles. The number of pyridine rings is 1. The lowest BCUT2D eigenvalue weighted by atomic mass is 10.3. The fourth-order valence-electron chi connectivity index (χ4n) is 1.39. The first-order valence-corrected chi connectivity index (χ1v) is 5.75. The predicted molar refractivity (Wildman–Crippen MR) is 70.0 cm³/mol. The van der Waals surface area contributed by atoms with Crippen LogP contribution in [0.4, 0.5) is 11.5 Å². The predicted octanol–water partition coefficient (Wildman–Crippen LogP) is 0.935. The number of amides is 1. The Labute approximate surface area is 102 Å². The van der Waals surface area contributed by atoms with Gasteiger partial charge in [0.15, 0.2) is 0 Å². The van der Waals surface area contributed by atoms with Crippen molar-refractivity contribution in [3.63, 3.8) is 0 Å². The molecule has 1 rings (SSSR count). The summed E-state index contributed by atoms with van der Waals surface area (Å²) >= 11 is 0. The number of carbonyl (C=O) groups excluding carboxylic acids is 1. The molecule has 5 heteroatoms. The molecule has 17 heavy (non-hydrogen) atoms. The van der Waals surface area contributed by atoms with Gasteiger partial charge in [-0.25, -0.2) is 4.98 Å². The third-order valence-electron chi connectivity index (χ3n) is 2.46. The number of hydrogen-bond donors (Lipinski definition) is 2. The Morgan fingerprint density at radius 2 is 2.24 bits per heavy atom. The average molecular weight is 236 g/mol. The molecule has 0 aromatic carbocycles. The molecule has 1 aromatic rings. The van der Waals surface area contributed by atoms with Gasteiger partial charge in [0, 0.05) is 13.6 Å². The van der Waals surface area contributed by atoms with Gasteiger partial charge in [-0.1, -0.05) is 6.92 Å². The van der Waals surface area contributed by atoms with Gasteiger partial charge in [0.05, 0.1) is 17.9 Å². The van der Waals surface area contributed by atoms with Gasteiger partial charge in [0.25, 0.3) is 0 Å². The van der Waals surface area contributed by atoms with E-state index in [0.717, 1.165) is 17.9 Å². The van der Waals surface area contributed by atoms with Gasteiger partial charge in [0.1, 0.15) is 5.82 Å². The van der Waals surface area contributed by atoms with Crippen LogP contribution in [0.1, 0.15) is 19.0 Å². The van der Waals surface area contributed by atoms with E-state index in [1.54, 1.807) is 11.0 Å². The van der Waals surface area contributed by atoms with Gasteiger partial charge in [-0.3, -0.25) is 4.79 Å². The second-order valence-electron chi connectivity index (χ2n) is 4.05. The van der Waals surface area contributed by atoms with Crippen LogP contribution in [-0.2, 0) is 4.79 Å². The van der Waals surface area contributed by atoms with Crippen molar-refractivity contribution in [1.29, 1.82) is 0 Å². The smallest absolute Gasteiger partial charge is 0.239 e. The number of nitrogen functional groups attached to an aromatic ring is 1. The number of hydrogen-bond acceptors (Lipinski definition) is 4. The van der Waals surface area contributed by atoms with Gasteiger partial charge in [-0.05, 0) is 25.5 Å². The summed E-state index contributed by atoms with van der Waals surface area (Å²) in [5, 5.41) is 2.83. The van der Waals surface area contributed by atoms with Crippen molar-refractivity contribution in [1.82, 2.24) is 10.3 Å². The topological polar surface area (TPSA) is 71.2 Å². The lowest BCUT2D eigenvalue weighted by molar-refractivity contribution is -0.119. The molecule has 94 valence electrons. The van der Waals surface area contributed by atoms with Gasteiger partial charge in [-0.2, -0.15) is 0 Å². The first kappa shape index (κ1) is 13.3. The molecule has 0 fully saturated rings. The highest BCUT2D eigenvalue weighted by molar-refractivity contribution is 5.80. The zero-order chi connectivity index (χ0) is 12.8. The normalized spacial score (nSPS) is 10.1. The summed E-state index contributed by atoms with van der Waals surface area (Å²) in [6.45, 7) is 4.88. The van der Waals surface area contributed by atoms with E-state index in [0.29, 0.717) is 18.8 Å². The third-order valence-corrected chi connectivity index (χ3v) is 2.46. The maximum absolute atomic E-state index is 11.5. The van der Waals surface area contributed by atoms with E-state index >= 15 is 0 Å². The minimum atomic E-state index is 0.00521. The standard InChI is InChI=1S/C12H20N4O/c1-4-7-14-12(17)8-16(3)11-6-5-10(13)9(2)15-11/h5-6H,4,7-8,13H2,1-3H3,(H,14,17). The monoisotopic (exact) mass is 236 g/mol. The number of rotatable bonds is 5. The minimum Gasteiger partial charge on any atom is -0.397 e. The molecule has 1 amide bonds. The van der Waals surface area contributed by atoms with Gasteiger partial charge < -0.3 is 16.0 Å². The number of carbonyl (C=O) groups is 1. The van der Waals surface area contributed by atoms with Crippen LogP contribution in [0.5, 0.6) is 0 Å². The molecule has 5 nitrogen and oxygen atoms in total. The number of nitrogens with two attached hydrogens (primary N) is 1. The summed E-state index contributed by atoms with van der Waals surface area (Å²) in [5.74, 6) is 0.758. The van der Waals surface area contributed by atoms with Crippen LogP contribution in [0, 0.1) is 6.92 Å². The SMILES string of the molecule is CCCNC(=O)CN(C)c1ccc(N)c(C)n1. The molecule has 0 spiro atoms. The van der Waals surface area contributed by atoms with Crippen molar-refractivity contribution in [3.05, 3.63) is 17.8 Å². The molecule has 0 aliphatic heterocycles. The van der Waals surface area contributed by atoms with E-state index in [9.17, 15) is 4.79 Å². The number of aryl methyl sites for hydroxylation is 1. The van der Waals surface area contributed by atoms with Crippen molar-refractivity contribution in [2.24, 2.45) is 0 Å². The van der Waals surface area contributed by atoms with Crippen LogP contribution in [0.2, 0.25) is 0 Å². The number of nitrogens with zero attached hydrogens (tertiary/aromatic N) is 2. The molecule has 0 bridgehead atoms. The number of nitrogens with one attached hydrogen (secondary N) is 1. The van der Waals surface area contributed by atoms with Crippen LogP contribution < -0.4 is 16.0 Å². The molecular weight excluding hydrogens is 216 g/mol. The largest absolute Gasteiger partial charge is 0.397 e. The van der Waals surface area contributed by atoms with E-state index in [-0.39, 0.29) is 5.91 Å². The Hall–Kier alpha value is -1.78. The van der Waals surface area contributed by atoms with Crippen molar-refractivity contribution in [2.75, 3.05) is 30.8 Å². The molecule has 3 N–H and O–H groups in total. The van der Waals surface area contributed by atoms with Crippen LogP contribution in [0.15, 0.2) is 12.1 Å². The van der Waals surface area contributed by atoms with Gasteiger partial charge in [0.2, 0.25) is 5.91 Å². The van der Waals surface area contributed by atoms with Crippen molar-refractivity contribution < 1.29 is 4.79 Å². The molecule has 1 heterocycles. The molecule has 0 unspecified atom stereocenters. The zero-order valence-electron chi connectivity index (χ0n) is 10.7. The summed E-state index contributed by atoms with van der Waals surface area (Å²) in [4.78, 5) is 17.7. The Balaban J connectivity index is 2.60. The van der Waals surface area contributed by atoms with Crippen LogP contribution in [0.3, 0.4) is 0 Å². The molecule has 0 saturated heterocycles. The summed E-state index contributed by atoms with van der Waals surface area (Å²) in [5.41, 5.74) is 7.14. The Kier molecular flexibility index (Phi) is 4.75. The summed E-state index contributed by atoms with van der Waals surface area (Å²) in [7, 11) is 1.84. The fourth-order valence-corrected chi connectivity index (χ4v) is 1.39. The average Bonchev–Trinajstić information content (AvgIpc) is 2.30. The van der Waals surface area contributed by atoms with Crippen molar-refractivity contribution >= 4 is 17.4 Å². The summed E-state index contributed by atoms with van der Waals surface area (Å²) in [6, 6.07) is 3.62. The van der Waals surface area contributed by atoms with E-state index in [2.05, 4.69) is 10.3 Å². The quantitative estimate of drug-likeness (QED) is 0.798. The van der Waals surface area contributed by atoms with Crippen molar-refractivity contribution in [3.8, 4) is 0 Å². The van der Waals surface area contributed by atoms with Crippen LogP contribution in [-0.4, -0.2) is 31.0 Å². The van der Waals surface area contributed by atoms with E-state index in [4.69, 9.17) is 5.73 Å². The van der Waals surface area contributed by atoms with Crippen LogP contribution >= 0.6 is 0 Å². The highest BCUT2D eigenvalue weighted by Crippen LogP contribution is 2.14. The fraction of sp³-hybridized carbons (Fsp3) is 0.500. The van der Waals surface area contributed by atoms with E-state index < -0.39 is 0 Å². The Bertz CT molecular complexity index is 392. The molecule has 0 aliphatic carbocycles. The highest BCUT2D eigenvalue weighted by Gasteiger charge is 2.08. The molecule has 1 aromatic heterocycles. The zero-order valence-corrected chi connectivity index (χ0v) is 10.7.